The second-order valence-corrected chi connectivity index (χ2v) is 7.09. The molecule has 1 fully saturated rings. The van der Waals surface area contributed by atoms with Gasteiger partial charge in [-0.15, -0.1) is 0 Å². The van der Waals surface area contributed by atoms with Gasteiger partial charge >= 0.3 is 0 Å². The van der Waals surface area contributed by atoms with Gasteiger partial charge in [-0.05, 0) is 42.4 Å². The molecule has 1 aliphatic carbocycles. The SMILES string of the molecule is COc1ccc(CN)cc1S(=O)(=O)NCC(C)C1CC1. The lowest BCUT2D eigenvalue weighted by molar-refractivity contribution is 0.401. The molecule has 6 heteroatoms. The van der Waals surface area contributed by atoms with Crippen LogP contribution in [-0.2, 0) is 16.6 Å². The van der Waals surface area contributed by atoms with Gasteiger partial charge in [0, 0.05) is 13.1 Å². The minimum atomic E-state index is -3.57. The standard InChI is InChI=1S/C14H22N2O3S/c1-10(12-4-5-12)9-16-20(17,18)14-7-11(8-15)3-6-13(14)19-2/h3,6-7,10,12,16H,4-5,8-9,15H2,1-2H3. The molecule has 0 saturated heterocycles. The predicted molar refractivity (Wildman–Crippen MR) is 78.0 cm³/mol. The second-order valence-electron chi connectivity index (χ2n) is 5.36. The van der Waals surface area contributed by atoms with Gasteiger partial charge in [0.25, 0.3) is 0 Å². The van der Waals surface area contributed by atoms with Crippen molar-refractivity contribution in [1.29, 1.82) is 0 Å². The van der Waals surface area contributed by atoms with E-state index in [0.29, 0.717) is 30.7 Å². The summed E-state index contributed by atoms with van der Waals surface area (Å²) in [5.41, 5.74) is 6.33. The third kappa shape index (κ3) is 3.50. The number of rotatable bonds is 7. The summed E-state index contributed by atoms with van der Waals surface area (Å²) in [6.07, 6.45) is 2.41. The van der Waals surface area contributed by atoms with E-state index in [-0.39, 0.29) is 4.90 Å². The number of nitrogens with two attached hydrogens (primary N) is 1. The minimum absolute atomic E-state index is 0.158. The molecule has 0 bridgehead atoms. The summed E-state index contributed by atoms with van der Waals surface area (Å²) in [6.45, 7) is 2.84. The van der Waals surface area contributed by atoms with Crippen LogP contribution in [0.4, 0.5) is 0 Å². The molecule has 1 aliphatic rings. The Morgan fingerprint density at radius 1 is 1.45 bits per heavy atom. The van der Waals surface area contributed by atoms with Crippen LogP contribution in [0.2, 0.25) is 0 Å². The van der Waals surface area contributed by atoms with E-state index >= 15 is 0 Å². The summed E-state index contributed by atoms with van der Waals surface area (Å²) in [5.74, 6) is 1.37. The third-order valence-corrected chi connectivity index (χ3v) is 5.22. The van der Waals surface area contributed by atoms with Crippen molar-refractivity contribution in [1.82, 2.24) is 4.72 Å². The fourth-order valence-electron chi connectivity index (χ4n) is 2.21. The van der Waals surface area contributed by atoms with Crippen LogP contribution in [0.25, 0.3) is 0 Å². The van der Waals surface area contributed by atoms with Gasteiger partial charge in [0.15, 0.2) is 0 Å². The Bertz CT molecular complexity index is 568. The summed E-state index contributed by atoms with van der Waals surface area (Å²) in [5, 5.41) is 0. The normalized spacial score (nSPS) is 16.9. The molecule has 0 aliphatic heterocycles. The molecule has 5 nitrogen and oxygen atoms in total. The van der Waals surface area contributed by atoms with Gasteiger partial charge in [-0.2, -0.15) is 0 Å². The fraction of sp³-hybridized carbons (Fsp3) is 0.571. The summed E-state index contributed by atoms with van der Waals surface area (Å²) >= 11 is 0. The Balaban J connectivity index is 2.18. The zero-order valence-corrected chi connectivity index (χ0v) is 12.7. The molecule has 0 amide bonds. The Morgan fingerprint density at radius 3 is 2.70 bits per heavy atom. The van der Waals surface area contributed by atoms with Crippen LogP contribution in [0, 0.1) is 11.8 Å². The third-order valence-electron chi connectivity index (χ3n) is 3.78. The Kier molecular flexibility index (Phi) is 4.67. The summed E-state index contributed by atoms with van der Waals surface area (Å²) < 4.78 is 32.6. The minimum Gasteiger partial charge on any atom is -0.495 e. The van der Waals surface area contributed by atoms with Crippen molar-refractivity contribution in [3.8, 4) is 5.75 Å². The topological polar surface area (TPSA) is 81.4 Å². The molecule has 1 saturated carbocycles. The van der Waals surface area contributed by atoms with Crippen LogP contribution in [0.3, 0.4) is 0 Å². The number of ether oxygens (including phenoxy) is 1. The maximum Gasteiger partial charge on any atom is 0.244 e. The molecule has 112 valence electrons. The maximum atomic E-state index is 12.4. The lowest BCUT2D eigenvalue weighted by Crippen LogP contribution is -2.29. The number of benzene rings is 1. The summed E-state index contributed by atoms with van der Waals surface area (Å²) in [6, 6.07) is 4.98. The van der Waals surface area contributed by atoms with Crippen molar-refractivity contribution in [3.63, 3.8) is 0 Å². The zero-order chi connectivity index (χ0) is 14.8. The van der Waals surface area contributed by atoms with E-state index in [2.05, 4.69) is 11.6 Å². The average Bonchev–Trinajstić information content (AvgIpc) is 3.28. The van der Waals surface area contributed by atoms with Crippen LogP contribution in [0.5, 0.6) is 5.75 Å². The molecular formula is C14H22N2O3S. The molecule has 0 aromatic heterocycles. The highest BCUT2D eigenvalue weighted by molar-refractivity contribution is 7.89. The zero-order valence-electron chi connectivity index (χ0n) is 11.9. The first kappa shape index (κ1) is 15.3. The predicted octanol–water partition coefficient (Wildman–Crippen LogP) is 1.48. The van der Waals surface area contributed by atoms with Crippen molar-refractivity contribution in [2.75, 3.05) is 13.7 Å². The lowest BCUT2D eigenvalue weighted by Gasteiger charge is -2.14. The summed E-state index contributed by atoms with van der Waals surface area (Å²) in [4.78, 5) is 0.158. The number of nitrogens with one attached hydrogen (secondary N) is 1. The molecule has 3 N–H and O–H groups in total. The first-order valence-corrected chi connectivity index (χ1v) is 8.33. The molecule has 1 atom stereocenters. The van der Waals surface area contributed by atoms with Crippen LogP contribution in [-0.4, -0.2) is 22.1 Å². The molecule has 1 unspecified atom stereocenters. The van der Waals surface area contributed by atoms with Gasteiger partial charge in [-0.3, -0.25) is 0 Å². The van der Waals surface area contributed by atoms with E-state index < -0.39 is 10.0 Å². The Hall–Kier alpha value is -1.11. The molecule has 0 spiro atoms. The molecule has 0 heterocycles. The fourth-order valence-corrected chi connectivity index (χ4v) is 3.57. The van der Waals surface area contributed by atoms with E-state index in [1.54, 1.807) is 18.2 Å². The number of hydrogen-bond donors (Lipinski definition) is 2. The highest BCUT2D eigenvalue weighted by atomic mass is 32.2. The van der Waals surface area contributed by atoms with E-state index in [1.807, 2.05) is 0 Å². The Labute approximate surface area is 120 Å². The van der Waals surface area contributed by atoms with Crippen LogP contribution in [0.1, 0.15) is 25.3 Å². The van der Waals surface area contributed by atoms with Gasteiger partial charge in [0.2, 0.25) is 10.0 Å². The highest BCUT2D eigenvalue weighted by Crippen LogP contribution is 2.36. The first-order valence-electron chi connectivity index (χ1n) is 6.84. The van der Waals surface area contributed by atoms with E-state index in [1.165, 1.54) is 20.0 Å². The van der Waals surface area contributed by atoms with Crippen molar-refractivity contribution in [2.24, 2.45) is 17.6 Å². The monoisotopic (exact) mass is 298 g/mol. The van der Waals surface area contributed by atoms with Crippen molar-refractivity contribution in [2.45, 2.75) is 31.2 Å². The van der Waals surface area contributed by atoms with Gasteiger partial charge < -0.3 is 10.5 Å². The van der Waals surface area contributed by atoms with Crippen molar-refractivity contribution in [3.05, 3.63) is 23.8 Å². The molecule has 0 radical (unpaired) electrons. The molecular weight excluding hydrogens is 276 g/mol. The number of hydrogen-bond acceptors (Lipinski definition) is 4. The van der Waals surface area contributed by atoms with E-state index in [9.17, 15) is 8.42 Å². The van der Waals surface area contributed by atoms with Crippen LogP contribution >= 0.6 is 0 Å². The number of methoxy groups -OCH3 is 1. The van der Waals surface area contributed by atoms with Gasteiger partial charge in [0.1, 0.15) is 10.6 Å². The highest BCUT2D eigenvalue weighted by Gasteiger charge is 2.29. The van der Waals surface area contributed by atoms with Gasteiger partial charge in [-0.1, -0.05) is 13.0 Å². The quantitative estimate of drug-likeness (QED) is 0.799. The molecule has 1 aromatic rings. The molecule has 2 rings (SSSR count). The second kappa shape index (κ2) is 6.11. The van der Waals surface area contributed by atoms with Gasteiger partial charge in [0.05, 0.1) is 7.11 Å². The lowest BCUT2D eigenvalue weighted by atomic mass is 10.1. The average molecular weight is 298 g/mol. The molecule has 20 heavy (non-hydrogen) atoms. The smallest absolute Gasteiger partial charge is 0.244 e. The number of sulfonamides is 1. The van der Waals surface area contributed by atoms with Crippen molar-refractivity contribution >= 4 is 10.0 Å². The van der Waals surface area contributed by atoms with Crippen LogP contribution < -0.4 is 15.2 Å². The largest absolute Gasteiger partial charge is 0.495 e. The molecule has 1 aromatic carbocycles. The van der Waals surface area contributed by atoms with Crippen LogP contribution in [0.15, 0.2) is 23.1 Å². The van der Waals surface area contributed by atoms with Gasteiger partial charge in [-0.25, -0.2) is 13.1 Å². The summed E-state index contributed by atoms with van der Waals surface area (Å²) in [7, 11) is -2.11. The van der Waals surface area contributed by atoms with E-state index in [0.717, 1.165) is 5.56 Å². The van der Waals surface area contributed by atoms with Crippen molar-refractivity contribution < 1.29 is 13.2 Å². The first-order chi connectivity index (χ1) is 9.47. The Morgan fingerprint density at radius 2 is 2.15 bits per heavy atom. The van der Waals surface area contributed by atoms with E-state index in [4.69, 9.17) is 10.5 Å². The maximum absolute atomic E-state index is 12.4.